The van der Waals surface area contributed by atoms with Crippen LogP contribution in [0.5, 0.6) is 0 Å². The monoisotopic (exact) mass is 246 g/mol. The summed E-state index contributed by atoms with van der Waals surface area (Å²) in [6.07, 6.45) is 7.49. The van der Waals surface area contributed by atoms with Crippen molar-refractivity contribution in [2.75, 3.05) is 6.54 Å². The van der Waals surface area contributed by atoms with E-state index in [4.69, 9.17) is 0 Å². The molecule has 3 heteroatoms. The molecule has 0 atom stereocenters. The van der Waals surface area contributed by atoms with Gasteiger partial charge in [-0.1, -0.05) is 6.07 Å². The molecular weight excluding hydrogens is 224 g/mol. The fourth-order valence-corrected chi connectivity index (χ4v) is 2.81. The summed E-state index contributed by atoms with van der Waals surface area (Å²) in [5.74, 6) is 1.85. The molecule has 3 nitrogen and oxygen atoms in total. The van der Waals surface area contributed by atoms with Crippen LogP contribution in [0.15, 0.2) is 23.1 Å². The molecule has 0 saturated heterocycles. The molecule has 0 spiro atoms. The maximum Gasteiger partial charge on any atom is 0.253 e. The summed E-state index contributed by atoms with van der Waals surface area (Å²) in [4.78, 5) is 11.9. The number of aryl methyl sites for hydroxylation is 1. The predicted molar refractivity (Wildman–Crippen MR) is 72.7 cm³/mol. The van der Waals surface area contributed by atoms with E-state index in [1.807, 2.05) is 29.8 Å². The molecule has 0 amide bonds. The van der Waals surface area contributed by atoms with Crippen LogP contribution in [0.2, 0.25) is 0 Å². The van der Waals surface area contributed by atoms with E-state index < -0.39 is 0 Å². The van der Waals surface area contributed by atoms with Crippen molar-refractivity contribution in [3.8, 4) is 0 Å². The third-order valence-electron chi connectivity index (χ3n) is 4.20. The van der Waals surface area contributed by atoms with E-state index in [-0.39, 0.29) is 5.56 Å². The fraction of sp³-hybridized carbons (Fsp3) is 0.667. The molecule has 0 radical (unpaired) electrons. The predicted octanol–water partition coefficient (Wildman–Crippen LogP) is 1.93. The third kappa shape index (κ3) is 2.66. The number of aromatic nitrogens is 1. The summed E-state index contributed by atoms with van der Waals surface area (Å²) < 4.78 is 1.82. The van der Waals surface area contributed by atoms with E-state index in [0.717, 1.165) is 36.5 Å². The zero-order chi connectivity index (χ0) is 12.5. The third-order valence-corrected chi connectivity index (χ3v) is 4.20. The lowest BCUT2D eigenvalue weighted by molar-refractivity contribution is 0.405. The van der Waals surface area contributed by atoms with Crippen molar-refractivity contribution in [1.29, 1.82) is 0 Å². The van der Waals surface area contributed by atoms with Crippen LogP contribution >= 0.6 is 0 Å². The Morgan fingerprint density at radius 1 is 1.33 bits per heavy atom. The van der Waals surface area contributed by atoms with Crippen molar-refractivity contribution >= 4 is 0 Å². The molecule has 98 valence electrons. The second-order valence-corrected chi connectivity index (χ2v) is 5.84. The largest absolute Gasteiger partial charge is 0.314 e. The minimum Gasteiger partial charge on any atom is -0.314 e. The van der Waals surface area contributed by atoms with Gasteiger partial charge in [0.25, 0.3) is 5.56 Å². The first-order valence-electron chi connectivity index (χ1n) is 7.15. The molecule has 0 bridgehead atoms. The lowest BCUT2D eigenvalue weighted by Gasteiger charge is -2.18. The number of nitrogens with zero attached hydrogens (tertiary/aromatic N) is 1. The average Bonchev–Trinajstić information content (AvgIpc) is 3.23. The molecule has 0 aliphatic heterocycles. The van der Waals surface area contributed by atoms with Crippen molar-refractivity contribution in [1.82, 2.24) is 9.88 Å². The van der Waals surface area contributed by atoms with Gasteiger partial charge >= 0.3 is 0 Å². The van der Waals surface area contributed by atoms with Crippen LogP contribution in [-0.4, -0.2) is 17.2 Å². The van der Waals surface area contributed by atoms with Gasteiger partial charge in [-0.15, -0.1) is 0 Å². The van der Waals surface area contributed by atoms with E-state index in [0.29, 0.717) is 0 Å². The SMILES string of the molecule is Cc1cccn(CCNC(C2CC2)C2CC2)c1=O. The van der Waals surface area contributed by atoms with Crippen LogP contribution in [0.1, 0.15) is 31.2 Å². The first kappa shape index (κ1) is 12.0. The van der Waals surface area contributed by atoms with Crippen molar-refractivity contribution < 1.29 is 0 Å². The van der Waals surface area contributed by atoms with Gasteiger partial charge in [0.1, 0.15) is 0 Å². The summed E-state index contributed by atoms with van der Waals surface area (Å²) in [6.45, 7) is 3.58. The topological polar surface area (TPSA) is 34.0 Å². The summed E-state index contributed by atoms with van der Waals surface area (Å²) in [5.41, 5.74) is 0.979. The highest BCUT2D eigenvalue weighted by atomic mass is 16.1. The maximum atomic E-state index is 11.9. The van der Waals surface area contributed by atoms with Crippen molar-refractivity contribution in [2.24, 2.45) is 11.8 Å². The van der Waals surface area contributed by atoms with E-state index in [1.54, 1.807) is 0 Å². The molecule has 1 N–H and O–H groups in total. The van der Waals surface area contributed by atoms with Gasteiger partial charge in [-0.25, -0.2) is 0 Å². The maximum absolute atomic E-state index is 11.9. The van der Waals surface area contributed by atoms with E-state index in [9.17, 15) is 4.79 Å². The molecule has 1 heterocycles. The van der Waals surface area contributed by atoms with Crippen LogP contribution in [0.4, 0.5) is 0 Å². The molecule has 0 unspecified atom stereocenters. The number of hydrogen-bond acceptors (Lipinski definition) is 2. The minimum absolute atomic E-state index is 0.147. The van der Waals surface area contributed by atoms with Crippen molar-refractivity contribution in [3.63, 3.8) is 0 Å². The quantitative estimate of drug-likeness (QED) is 0.832. The summed E-state index contributed by atoms with van der Waals surface area (Å²) in [5, 5.41) is 3.68. The van der Waals surface area contributed by atoms with Crippen LogP contribution in [0, 0.1) is 18.8 Å². The first-order valence-corrected chi connectivity index (χ1v) is 7.15. The summed E-state index contributed by atoms with van der Waals surface area (Å²) in [7, 11) is 0. The summed E-state index contributed by atoms with van der Waals surface area (Å²) in [6, 6.07) is 4.56. The molecule has 18 heavy (non-hydrogen) atoms. The Morgan fingerprint density at radius 2 is 2.00 bits per heavy atom. The second kappa shape index (κ2) is 4.88. The van der Waals surface area contributed by atoms with Gasteiger partial charge in [-0.2, -0.15) is 0 Å². The Labute approximate surface area is 108 Å². The number of nitrogens with one attached hydrogen (secondary N) is 1. The number of rotatable bonds is 6. The standard InChI is InChI=1S/C15H22N2O/c1-11-3-2-9-17(15(11)18)10-8-16-14(12-4-5-12)13-6-7-13/h2-3,9,12-14,16H,4-8,10H2,1H3. The molecule has 1 aromatic rings. The highest BCUT2D eigenvalue weighted by Crippen LogP contribution is 2.44. The normalized spacial score (nSPS) is 19.4. The lowest BCUT2D eigenvalue weighted by atomic mass is 10.1. The first-order chi connectivity index (χ1) is 8.75. The zero-order valence-corrected chi connectivity index (χ0v) is 11.1. The van der Waals surface area contributed by atoms with Crippen LogP contribution in [0.25, 0.3) is 0 Å². The Kier molecular flexibility index (Phi) is 3.25. The Morgan fingerprint density at radius 3 is 2.61 bits per heavy atom. The van der Waals surface area contributed by atoms with Gasteiger partial charge < -0.3 is 9.88 Å². The molecule has 2 aliphatic rings. The van der Waals surface area contributed by atoms with Gasteiger partial charge in [-0.05, 0) is 50.5 Å². The zero-order valence-electron chi connectivity index (χ0n) is 11.1. The molecule has 3 rings (SSSR count). The van der Waals surface area contributed by atoms with Crippen molar-refractivity contribution in [3.05, 3.63) is 34.2 Å². The highest BCUT2D eigenvalue weighted by Gasteiger charge is 2.40. The van der Waals surface area contributed by atoms with Gasteiger partial charge in [0, 0.05) is 30.9 Å². The minimum atomic E-state index is 0.147. The molecular formula is C15H22N2O. The Bertz CT molecular complexity index is 460. The van der Waals surface area contributed by atoms with Gasteiger partial charge in [-0.3, -0.25) is 4.79 Å². The smallest absolute Gasteiger partial charge is 0.253 e. The fourth-order valence-electron chi connectivity index (χ4n) is 2.81. The Hall–Kier alpha value is -1.09. The van der Waals surface area contributed by atoms with Crippen LogP contribution in [0.3, 0.4) is 0 Å². The highest BCUT2D eigenvalue weighted by molar-refractivity contribution is 5.07. The summed E-state index contributed by atoms with van der Waals surface area (Å²) >= 11 is 0. The molecule has 1 aromatic heterocycles. The average molecular weight is 246 g/mol. The Balaban J connectivity index is 1.54. The van der Waals surface area contributed by atoms with Crippen molar-refractivity contribution in [2.45, 2.75) is 45.2 Å². The van der Waals surface area contributed by atoms with E-state index in [2.05, 4.69) is 5.32 Å². The second-order valence-electron chi connectivity index (χ2n) is 5.84. The van der Waals surface area contributed by atoms with E-state index >= 15 is 0 Å². The van der Waals surface area contributed by atoms with Crippen LogP contribution in [-0.2, 0) is 6.54 Å². The van der Waals surface area contributed by atoms with Gasteiger partial charge in [0.05, 0.1) is 0 Å². The lowest BCUT2D eigenvalue weighted by Crippen LogP contribution is -2.37. The molecule has 0 aromatic carbocycles. The van der Waals surface area contributed by atoms with E-state index in [1.165, 1.54) is 25.7 Å². The van der Waals surface area contributed by atoms with Gasteiger partial charge in [0.15, 0.2) is 0 Å². The molecule has 2 fully saturated rings. The number of hydrogen-bond donors (Lipinski definition) is 1. The molecule has 2 aliphatic carbocycles. The van der Waals surface area contributed by atoms with Crippen LogP contribution < -0.4 is 10.9 Å². The molecule has 2 saturated carbocycles. The number of pyridine rings is 1. The van der Waals surface area contributed by atoms with Gasteiger partial charge in [0.2, 0.25) is 0 Å².